The van der Waals surface area contributed by atoms with Crippen LogP contribution in [0.5, 0.6) is 5.75 Å². The van der Waals surface area contributed by atoms with E-state index in [0.717, 1.165) is 17.6 Å². The van der Waals surface area contributed by atoms with Crippen molar-refractivity contribution in [1.82, 2.24) is 0 Å². The molecular weight excluding hydrogens is 204 g/mol. The highest BCUT2D eigenvalue weighted by atomic mass is 16.5. The van der Waals surface area contributed by atoms with Crippen LogP contribution in [0.2, 0.25) is 0 Å². The third kappa shape index (κ3) is 4.28. The van der Waals surface area contributed by atoms with Crippen molar-refractivity contribution in [2.75, 3.05) is 13.7 Å². The maximum absolute atomic E-state index is 10.3. The van der Waals surface area contributed by atoms with Gasteiger partial charge in [-0.25, -0.2) is 0 Å². The fraction of sp³-hybridized carbons (Fsp3) is 0.308. The van der Waals surface area contributed by atoms with Gasteiger partial charge in [-0.05, 0) is 29.7 Å². The van der Waals surface area contributed by atoms with E-state index in [9.17, 15) is 4.79 Å². The molecule has 0 radical (unpaired) electrons. The van der Waals surface area contributed by atoms with Gasteiger partial charge in [0.2, 0.25) is 0 Å². The molecular formula is C13H16O3. The van der Waals surface area contributed by atoms with E-state index in [2.05, 4.69) is 6.58 Å². The second-order valence-corrected chi connectivity index (χ2v) is 3.43. The summed E-state index contributed by atoms with van der Waals surface area (Å²) in [5.41, 5.74) is 1.65. The molecule has 1 aromatic rings. The van der Waals surface area contributed by atoms with Crippen molar-refractivity contribution in [2.24, 2.45) is 0 Å². The molecule has 1 aromatic carbocycles. The van der Waals surface area contributed by atoms with Gasteiger partial charge in [0.1, 0.15) is 12.0 Å². The molecule has 0 saturated carbocycles. The molecule has 0 N–H and O–H groups in total. The van der Waals surface area contributed by atoms with Crippen LogP contribution >= 0.6 is 0 Å². The van der Waals surface area contributed by atoms with E-state index in [4.69, 9.17) is 9.47 Å². The van der Waals surface area contributed by atoms with Gasteiger partial charge in [-0.15, -0.1) is 0 Å². The highest BCUT2D eigenvalue weighted by Gasteiger charge is 1.96. The average molecular weight is 220 g/mol. The van der Waals surface area contributed by atoms with E-state index >= 15 is 0 Å². The molecule has 0 spiro atoms. The van der Waals surface area contributed by atoms with Crippen LogP contribution in [-0.4, -0.2) is 20.0 Å². The Hall–Kier alpha value is -1.61. The van der Waals surface area contributed by atoms with Crippen molar-refractivity contribution < 1.29 is 14.3 Å². The fourth-order valence-corrected chi connectivity index (χ4v) is 1.17. The zero-order valence-corrected chi connectivity index (χ0v) is 9.44. The normalized spacial score (nSPS) is 9.81. The lowest BCUT2D eigenvalue weighted by molar-refractivity contribution is -0.105. The second kappa shape index (κ2) is 6.80. The molecule has 3 nitrogen and oxygen atoms in total. The predicted molar refractivity (Wildman–Crippen MR) is 62.5 cm³/mol. The molecule has 0 aromatic heterocycles. The molecule has 1 rings (SSSR count). The number of hydrogen-bond donors (Lipinski definition) is 0. The van der Waals surface area contributed by atoms with Crippen molar-refractivity contribution in [3.05, 3.63) is 42.0 Å². The van der Waals surface area contributed by atoms with Crippen LogP contribution in [0.4, 0.5) is 0 Å². The first kappa shape index (κ1) is 12.5. The summed E-state index contributed by atoms with van der Waals surface area (Å²) in [6.07, 6.45) is 1.34. The van der Waals surface area contributed by atoms with Gasteiger partial charge < -0.3 is 9.47 Å². The van der Waals surface area contributed by atoms with Crippen LogP contribution in [-0.2, 0) is 16.1 Å². The lowest BCUT2D eigenvalue weighted by Crippen LogP contribution is -1.97. The first-order valence-corrected chi connectivity index (χ1v) is 5.10. The maximum Gasteiger partial charge on any atom is 0.145 e. The second-order valence-electron chi connectivity index (χ2n) is 3.43. The number of benzene rings is 1. The number of carbonyl (C=O) groups excluding carboxylic acids is 1. The molecule has 0 bridgehead atoms. The Morgan fingerprint density at radius 2 is 2.06 bits per heavy atom. The van der Waals surface area contributed by atoms with Gasteiger partial charge in [-0.3, -0.25) is 4.79 Å². The van der Waals surface area contributed by atoms with Crippen LogP contribution in [0.3, 0.4) is 0 Å². The number of rotatable bonds is 7. The summed E-state index contributed by atoms with van der Waals surface area (Å²) in [6.45, 7) is 4.63. The smallest absolute Gasteiger partial charge is 0.145 e. The predicted octanol–water partition coefficient (Wildman–Crippen LogP) is 2.36. The zero-order valence-electron chi connectivity index (χ0n) is 9.44. The summed E-state index contributed by atoms with van der Waals surface area (Å²) in [5, 5.41) is 0. The van der Waals surface area contributed by atoms with Crippen molar-refractivity contribution in [1.29, 1.82) is 0 Å². The number of methoxy groups -OCH3 is 1. The van der Waals surface area contributed by atoms with E-state index in [1.807, 2.05) is 24.3 Å². The van der Waals surface area contributed by atoms with Gasteiger partial charge >= 0.3 is 0 Å². The Balaban J connectivity index is 2.26. The monoisotopic (exact) mass is 220 g/mol. The molecule has 86 valence electrons. The largest absolute Gasteiger partial charge is 0.497 e. The lowest BCUT2D eigenvalue weighted by atomic mass is 10.2. The van der Waals surface area contributed by atoms with Crippen LogP contribution < -0.4 is 4.74 Å². The number of hydrogen-bond acceptors (Lipinski definition) is 3. The minimum atomic E-state index is 0.517. The molecule has 0 aliphatic heterocycles. The fourth-order valence-electron chi connectivity index (χ4n) is 1.17. The molecule has 3 heteroatoms. The van der Waals surface area contributed by atoms with Gasteiger partial charge in [0.25, 0.3) is 0 Å². The van der Waals surface area contributed by atoms with Crippen LogP contribution in [0.15, 0.2) is 36.4 Å². The third-order valence-corrected chi connectivity index (χ3v) is 2.16. The standard InChI is InChI=1S/C13H16O3/c1-11(9-14)7-8-16-10-12-3-5-13(15-2)6-4-12/h3-6,9H,1,7-8,10H2,2H3. The first-order valence-electron chi connectivity index (χ1n) is 5.10. The SMILES string of the molecule is C=C(C=O)CCOCc1ccc(OC)cc1. The van der Waals surface area contributed by atoms with Crippen LogP contribution in [0.25, 0.3) is 0 Å². The summed E-state index contributed by atoms with van der Waals surface area (Å²) in [4.78, 5) is 10.3. The molecule has 0 aliphatic carbocycles. The van der Waals surface area contributed by atoms with Crippen LogP contribution in [0, 0.1) is 0 Å². The van der Waals surface area contributed by atoms with Gasteiger partial charge in [0.05, 0.1) is 20.3 Å². The van der Waals surface area contributed by atoms with Crippen LogP contribution in [0.1, 0.15) is 12.0 Å². The quantitative estimate of drug-likeness (QED) is 0.402. The summed E-state index contributed by atoms with van der Waals surface area (Å²) in [6, 6.07) is 7.69. The highest BCUT2D eigenvalue weighted by Crippen LogP contribution is 2.12. The molecule has 0 unspecified atom stereocenters. The molecule has 0 heterocycles. The summed E-state index contributed by atoms with van der Waals surface area (Å²) >= 11 is 0. The highest BCUT2D eigenvalue weighted by molar-refractivity contribution is 5.71. The Bertz CT molecular complexity index is 341. The van der Waals surface area contributed by atoms with E-state index in [1.54, 1.807) is 7.11 Å². The average Bonchev–Trinajstić information content (AvgIpc) is 2.35. The summed E-state index contributed by atoms with van der Waals surface area (Å²) < 4.78 is 10.5. The first-order chi connectivity index (χ1) is 7.76. The summed E-state index contributed by atoms with van der Waals surface area (Å²) in [5.74, 6) is 0.832. The molecule has 0 atom stereocenters. The number of carbonyl (C=O) groups is 1. The van der Waals surface area contributed by atoms with Crippen molar-refractivity contribution >= 4 is 6.29 Å². The van der Waals surface area contributed by atoms with Gasteiger partial charge in [0, 0.05) is 0 Å². The maximum atomic E-state index is 10.3. The van der Waals surface area contributed by atoms with Gasteiger partial charge in [-0.1, -0.05) is 18.7 Å². The van der Waals surface area contributed by atoms with E-state index in [-0.39, 0.29) is 0 Å². The molecule has 0 aliphatic rings. The Labute approximate surface area is 95.7 Å². The van der Waals surface area contributed by atoms with Crippen molar-refractivity contribution in [2.45, 2.75) is 13.0 Å². The molecule has 0 amide bonds. The third-order valence-electron chi connectivity index (χ3n) is 2.16. The number of ether oxygens (including phenoxy) is 2. The summed E-state index contributed by atoms with van der Waals surface area (Å²) in [7, 11) is 1.64. The minimum Gasteiger partial charge on any atom is -0.497 e. The zero-order chi connectivity index (χ0) is 11.8. The number of aldehydes is 1. The lowest BCUT2D eigenvalue weighted by Gasteiger charge is -2.05. The molecule has 16 heavy (non-hydrogen) atoms. The topological polar surface area (TPSA) is 35.5 Å². The molecule has 0 saturated heterocycles. The van der Waals surface area contributed by atoms with Gasteiger partial charge in [-0.2, -0.15) is 0 Å². The van der Waals surface area contributed by atoms with E-state index in [1.165, 1.54) is 0 Å². The van der Waals surface area contributed by atoms with Crippen molar-refractivity contribution in [3.8, 4) is 5.75 Å². The van der Waals surface area contributed by atoms with E-state index < -0.39 is 0 Å². The van der Waals surface area contributed by atoms with Gasteiger partial charge in [0.15, 0.2) is 0 Å². The van der Waals surface area contributed by atoms with Crippen molar-refractivity contribution in [3.63, 3.8) is 0 Å². The molecule has 0 fully saturated rings. The Morgan fingerprint density at radius 3 is 2.62 bits per heavy atom. The Morgan fingerprint density at radius 1 is 1.38 bits per heavy atom. The Kier molecular flexibility index (Phi) is 5.29. The van der Waals surface area contributed by atoms with E-state index in [0.29, 0.717) is 25.2 Å². The minimum absolute atomic E-state index is 0.517.